The van der Waals surface area contributed by atoms with Crippen LogP contribution >= 0.6 is 0 Å². The summed E-state index contributed by atoms with van der Waals surface area (Å²) in [6.45, 7) is 1.70. The minimum atomic E-state index is -4.79. The van der Waals surface area contributed by atoms with Crippen LogP contribution in [0.1, 0.15) is 82.3 Å². The summed E-state index contributed by atoms with van der Waals surface area (Å²) in [4.78, 5) is 47.7. The molecule has 2 fully saturated rings. The second-order valence-corrected chi connectivity index (χ2v) is 12.4. The zero-order valence-electron chi connectivity index (χ0n) is 27.2. The van der Waals surface area contributed by atoms with E-state index in [0.717, 1.165) is 63.5 Å². The lowest BCUT2D eigenvalue weighted by Gasteiger charge is -2.38. The average molecular weight is 711 g/mol. The number of alkyl halides is 6. The van der Waals surface area contributed by atoms with Gasteiger partial charge in [-0.2, -0.15) is 0 Å². The van der Waals surface area contributed by atoms with Gasteiger partial charge < -0.3 is 24.4 Å². The number of carbonyl (C=O) groups is 3. The van der Waals surface area contributed by atoms with Crippen molar-refractivity contribution in [2.24, 2.45) is 9.98 Å². The fraction of sp³-hybridized carbons (Fsp3) is 0.500. The van der Waals surface area contributed by atoms with Crippen LogP contribution in [0, 0.1) is 0 Å². The van der Waals surface area contributed by atoms with Crippen LogP contribution in [0.4, 0.5) is 26.3 Å². The standard InChI is InChI=1S/C19H21F3N2O4.C15H15F3N2O2/c1-2-27-15(25)12-24-17(26)16(23-18(24)10-4-3-5-11-18)13-6-8-14(9-7-13)28-19(20,21)22;16-15(17,18)22-11-6-4-10(5-7-11)12-13(21)20-14(19-12)8-2-1-3-9-14/h6-9H,2-5,10-12H2,1H3;4-7H,1-3,8-9H2,(H,20,21). The highest BCUT2D eigenvalue weighted by molar-refractivity contribution is 6.47. The molecular formula is C34H36F6N4O6. The Morgan fingerprint density at radius 1 is 0.740 bits per heavy atom. The molecule has 1 N–H and O–H groups in total. The van der Waals surface area contributed by atoms with E-state index in [2.05, 4.69) is 24.8 Å². The Morgan fingerprint density at radius 3 is 1.70 bits per heavy atom. The maximum atomic E-state index is 13.0. The van der Waals surface area contributed by atoms with E-state index in [1.165, 1.54) is 41.3 Å². The third kappa shape index (κ3) is 8.93. The molecule has 2 spiro atoms. The van der Waals surface area contributed by atoms with Crippen LogP contribution in [0.2, 0.25) is 0 Å². The lowest BCUT2D eigenvalue weighted by molar-refractivity contribution is -0.275. The number of hydrogen-bond donors (Lipinski definition) is 1. The molecule has 0 bridgehead atoms. The molecule has 2 aliphatic carbocycles. The highest BCUT2D eigenvalue weighted by Gasteiger charge is 2.48. The van der Waals surface area contributed by atoms with Gasteiger partial charge in [-0.1, -0.05) is 12.8 Å². The molecule has 4 aliphatic rings. The highest BCUT2D eigenvalue weighted by Crippen LogP contribution is 2.40. The van der Waals surface area contributed by atoms with Gasteiger partial charge in [0.2, 0.25) is 0 Å². The van der Waals surface area contributed by atoms with Gasteiger partial charge in [0.05, 0.1) is 6.61 Å². The molecule has 2 saturated carbocycles. The molecule has 50 heavy (non-hydrogen) atoms. The molecule has 270 valence electrons. The number of hydrogen-bond acceptors (Lipinski definition) is 8. The Labute approximate surface area is 283 Å². The minimum absolute atomic E-state index is 0.143. The van der Waals surface area contributed by atoms with Crippen molar-refractivity contribution in [2.75, 3.05) is 13.2 Å². The summed E-state index contributed by atoms with van der Waals surface area (Å²) >= 11 is 0. The average Bonchev–Trinajstić information content (AvgIpc) is 3.50. The summed E-state index contributed by atoms with van der Waals surface area (Å²) < 4.78 is 86.0. The third-order valence-corrected chi connectivity index (χ3v) is 8.81. The van der Waals surface area contributed by atoms with E-state index >= 15 is 0 Å². The fourth-order valence-electron chi connectivity index (χ4n) is 6.64. The third-order valence-electron chi connectivity index (χ3n) is 8.81. The van der Waals surface area contributed by atoms with E-state index in [4.69, 9.17) is 4.74 Å². The molecule has 2 aromatic rings. The van der Waals surface area contributed by atoms with Gasteiger partial charge in [-0.25, -0.2) is 0 Å². The lowest BCUT2D eigenvalue weighted by Crippen LogP contribution is -2.50. The van der Waals surface area contributed by atoms with E-state index in [0.29, 0.717) is 24.0 Å². The Morgan fingerprint density at radius 2 is 1.22 bits per heavy atom. The Bertz CT molecular complexity index is 1610. The van der Waals surface area contributed by atoms with Gasteiger partial charge in [0, 0.05) is 11.1 Å². The number of carbonyl (C=O) groups excluding carboxylic acids is 3. The number of esters is 1. The van der Waals surface area contributed by atoms with Gasteiger partial charge in [0.25, 0.3) is 11.8 Å². The smallest absolute Gasteiger partial charge is 0.465 e. The molecule has 0 aromatic heterocycles. The second kappa shape index (κ2) is 14.7. The normalized spacial score (nSPS) is 19.7. The lowest BCUT2D eigenvalue weighted by atomic mass is 9.88. The van der Waals surface area contributed by atoms with Crippen molar-refractivity contribution in [3.8, 4) is 11.5 Å². The zero-order valence-corrected chi connectivity index (χ0v) is 27.2. The number of nitrogens with zero attached hydrogens (tertiary/aromatic N) is 3. The van der Waals surface area contributed by atoms with E-state index < -0.39 is 35.9 Å². The van der Waals surface area contributed by atoms with E-state index in [1.807, 2.05) is 0 Å². The van der Waals surface area contributed by atoms with Crippen LogP contribution in [0.5, 0.6) is 11.5 Å². The first-order valence-electron chi connectivity index (χ1n) is 16.3. The second-order valence-electron chi connectivity index (χ2n) is 12.4. The summed E-state index contributed by atoms with van der Waals surface area (Å²) in [5.41, 5.74) is -0.0137. The van der Waals surface area contributed by atoms with Crippen molar-refractivity contribution >= 4 is 29.2 Å². The molecule has 2 aromatic carbocycles. The van der Waals surface area contributed by atoms with Crippen LogP contribution in [0.3, 0.4) is 0 Å². The van der Waals surface area contributed by atoms with Crippen LogP contribution < -0.4 is 14.8 Å². The number of amides is 2. The van der Waals surface area contributed by atoms with Gasteiger partial charge >= 0.3 is 18.7 Å². The molecule has 0 radical (unpaired) electrons. The van der Waals surface area contributed by atoms with Crippen molar-refractivity contribution < 1.29 is 54.9 Å². The maximum Gasteiger partial charge on any atom is 0.573 e. The van der Waals surface area contributed by atoms with Crippen LogP contribution in [-0.2, 0) is 19.1 Å². The summed E-state index contributed by atoms with van der Waals surface area (Å²) in [7, 11) is 0. The van der Waals surface area contributed by atoms with Crippen molar-refractivity contribution in [1.82, 2.24) is 10.2 Å². The molecule has 0 atom stereocenters. The minimum Gasteiger partial charge on any atom is -0.465 e. The summed E-state index contributed by atoms with van der Waals surface area (Å²) in [6, 6.07) is 10.2. The van der Waals surface area contributed by atoms with Crippen LogP contribution in [0.25, 0.3) is 0 Å². The van der Waals surface area contributed by atoms with E-state index in [9.17, 15) is 40.7 Å². The molecule has 6 rings (SSSR count). The monoisotopic (exact) mass is 710 g/mol. The topological polar surface area (TPSA) is 119 Å². The van der Waals surface area contributed by atoms with Gasteiger partial charge in [0.1, 0.15) is 40.8 Å². The number of rotatable bonds is 7. The first-order chi connectivity index (χ1) is 23.6. The number of aliphatic imine (C=N–C) groups is 2. The van der Waals surface area contributed by atoms with Crippen molar-refractivity contribution in [2.45, 2.75) is 95.2 Å². The quantitative estimate of drug-likeness (QED) is 0.256. The Kier molecular flexibility index (Phi) is 10.8. The molecular weight excluding hydrogens is 674 g/mol. The largest absolute Gasteiger partial charge is 0.573 e. The molecule has 0 unspecified atom stereocenters. The number of nitrogens with one attached hydrogen (secondary N) is 1. The highest BCUT2D eigenvalue weighted by atomic mass is 19.4. The number of benzene rings is 2. The molecule has 2 heterocycles. The van der Waals surface area contributed by atoms with E-state index in [-0.39, 0.29) is 42.0 Å². The maximum absolute atomic E-state index is 13.0. The van der Waals surface area contributed by atoms with Crippen molar-refractivity contribution in [3.63, 3.8) is 0 Å². The summed E-state index contributed by atoms with van der Waals surface area (Å²) in [5, 5.41) is 2.92. The van der Waals surface area contributed by atoms with Gasteiger partial charge in [-0.3, -0.25) is 24.4 Å². The van der Waals surface area contributed by atoms with Gasteiger partial charge in [-0.15, -0.1) is 26.3 Å². The van der Waals surface area contributed by atoms with Gasteiger partial charge in [-0.05, 0) is 107 Å². The van der Waals surface area contributed by atoms with Crippen LogP contribution in [-0.4, -0.2) is 71.3 Å². The Balaban J connectivity index is 0.000000200. The van der Waals surface area contributed by atoms with Crippen LogP contribution in [0.15, 0.2) is 58.5 Å². The first kappa shape index (κ1) is 36.6. The number of halogens is 6. The van der Waals surface area contributed by atoms with Gasteiger partial charge in [0.15, 0.2) is 0 Å². The Hall–Kier alpha value is -4.63. The molecule has 0 saturated heterocycles. The summed E-state index contributed by atoms with van der Waals surface area (Å²) in [5.74, 6) is -1.89. The van der Waals surface area contributed by atoms with E-state index in [1.54, 1.807) is 6.92 Å². The first-order valence-corrected chi connectivity index (χ1v) is 16.3. The van der Waals surface area contributed by atoms with Crippen molar-refractivity contribution in [3.05, 3.63) is 59.7 Å². The predicted octanol–water partition coefficient (Wildman–Crippen LogP) is 6.60. The zero-order chi connectivity index (χ0) is 36.2. The molecule has 10 nitrogen and oxygen atoms in total. The predicted molar refractivity (Wildman–Crippen MR) is 167 cm³/mol. The molecule has 16 heteroatoms. The fourth-order valence-corrected chi connectivity index (χ4v) is 6.64. The molecule has 2 aliphatic heterocycles. The SMILES string of the molecule is CCOC(=O)CN1C(=O)C(c2ccc(OC(F)(F)F)cc2)=NC12CCCCC2.O=C1NC2(CCCCC2)N=C1c1ccc(OC(F)(F)F)cc1. The van der Waals surface area contributed by atoms with Crippen molar-refractivity contribution in [1.29, 1.82) is 0 Å². The molecule has 2 amide bonds. The summed E-state index contributed by atoms with van der Waals surface area (Å²) in [6.07, 6.45) is -0.707. The number of ether oxygens (including phenoxy) is 3.